The quantitative estimate of drug-likeness (QED) is 0.515. The molecule has 8 heteroatoms. The Kier molecular flexibility index (Phi) is 7.44. The maximum Gasteiger partial charge on any atom is 0.266 e. The van der Waals surface area contributed by atoms with Crippen LogP contribution in [0.4, 0.5) is 5.69 Å². The molecule has 0 radical (unpaired) electrons. The van der Waals surface area contributed by atoms with Gasteiger partial charge in [-0.25, -0.2) is 0 Å². The van der Waals surface area contributed by atoms with Gasteiger partial charge in [-0.2, -0.15) is 10.5 Å². The van der Waals surface area contributed by atoms with Crippen molar-refractivity contribution in [2.24, 2.45) is 0 Å². The van der Waals surface area contributed by atoms with Crippen LogP contribution in [-0.4, -0.2) is 26.7 Å². The van der Waals surface area contributed by atoms with Crippen LogP contribution in [0.2, 0.25) is 0 Å². The zero-order chi connectivity index (χ0) is 20.5. The van der Waals surface area contributed by atoms with Crippen molar-refractivity contribution in [2.45, 2.75) is 0 Å². The SMILES string of the molecule is COc1ccc(NC(=O)/C(C#N)=C\c2cc(OC)c(OCC#N)cc2Br)cc1. The molecule has 0 aliphatic rings. The Balaban J connectivity index is 2.28. The van der Waals surface area contributed by atoms with Gasteiger partial charge in [0.15, 0.2) is 18.1 Å². The van der Waals surface area contributed by atoms with Crippen molar-refractivity contribution in [2.75, 3.05) is 26.1 Å². The molecule has 0 aromatic heterocycles. The van der Waals surface area contributed by atoms with E-state index >= 15 is 0 Å². The number of benzene rings is 2. The summed E-state index contributed by atoms with van der Waals surface area (Å²) in [6.07, 6.45) is 1.43. The van der Waals surface area contributed by atoms with Crippen LogP contribution in [-0.2, 0) is 4.79 Å². The van der Waals surface area contributed by atoms with E-state index in [0.29, 0.717) is 33.0 Å². The summed E-state index contributed by atoms with van der Waals surface area (Å²) in [5.74, 6) is 0.846. The molecule has 0 unspecified atom stereocenters. The summed E-state index contributed by atoms with van der Waals surface area (Å²) >= 11 is 3.37. The summed E-state index contributed by atoms with van der Waals surface area (Å²) in [7, 11) is 3.00. The van der Waals surface area contributed by atoms with E-state index in [1.54, 1.807) is 43.5 Å². The second-order valence-corrected chi connectivity index (χ2v) is 6.18. The molecular formula is C20H16BrN3O4. The first kappa shape index (κ1) is 20.8. The number of nitriles is 2. The average Bonchev–Trinajstić information content (AvgIpc) is 2.71. The molecular weight excluding hydrogens is 426 g/mol. The zero-order valence-electron chi connectivity index (χ0n) is 15.2. The third kappa shape index (κ3) is 5.26. The predicted octanol–water partition coefficient (Wildman–Crippen LogP) is 3.91. The standard InChI is InChI=1S/C20H16BrN3O4/c1-26-16-5-3-15(4-6-16)24-20(25)14(12-23)9-13-10-18(27-2)19(11-17(13)21)28-8-7-22/h3-6,9-11H,8H2,1-2H3,(H,24,25)/b14-9-. The van der Waals surface area contributed by atoms with E-state index in [1.165, 1.54) is 13.2 Å². The zero-order valence-corrected chi connectivity index (χ0v) is 16.7. The van der Waals surface area contributed by atoms with Crippen LogP contribution in [0.5, 0.6) is 17.2 Å². The summed E-state index contributed by atoms with van der Waals surface area (Å²) in [6.45, 7) is -0.133. The molecule has 0 aliphatic carbocycles. The first-order valence-electron chi connectivity index (χ1n) is 7.96. The number of amides is 1. The number of hydrogen-bond donors (Lipinski definition) is 1. The van der Waals surface area contributed by atoms with Gasteiger partial charge >= 0.3 is 0 Å². The number of nitrogens with zero attached hydrogens (tertiary/aromatic N) is 2. The maximum absolute atomic E-state index is 12.4. The van der Waals surface area contributed by atoms with E-state index in [-0.39, 0.29) is 12.2 Å². The molecule has 142 valence electrons. The van der Waals surface area contributed by atoms with Gasteiger partial charge in [-0.1, -0.05) is 15.9 Å². The fourth-order valence-corrected chi connectivity index (χ4v) is 2.66. The molecule has 0 aliphatic heterocycles. The van der Waals surface area contributed by atoms with Crippen molar-refractivity contribution in [3.05, 3.63) is 52.0 Å². The Hall–Kier alpha value is -3.49. The first-order valence-corrected chi connectivity index (χ1v) is 8.76. The Morgan fingerprint density at radius 3 is 2.43 bits per heavy atom. The Morgan fingerprint density at radius 1 is 1.14 bits per heavy atom. The summed E-state index contributed by atoms with van der Waals surface area (Å²) in [5.41, 5.74) is 0.982. The predicted molar refractivity (Wildman–Crippen MR) is 107 cm³/mol. The topological polar surface area (TPSA) is 104 Å². The summed E-state index contributed by atoms with van der Waals surface area (Å²) in [6, 6.07) is 13.7. The number of halogens is 1. The Morgan fingerprint density at radius 2 is 1.86 bits per heavy atom. The molecule has 28 heavy (non-hydrogen) atoms. The third-order valence-corrected chi connectivity index (χ3v) is 4.27. The molecule has 1 amide bonds. The van der Waals surface area contributed by atoms with Gasteiger partial charge in [0.25, 0.3) is 5.91 Å². The molecule has 0 fully saturated rings. The highest BCUT2D eigenvalue weighted by Gasteiger charge is 2.14. The van der Waals surface area contributed by atoms with Gasteiger partial charge in [0.2, 0.25) is 0 Å². The highest BCUT2D eigenvalue weighted by Crippen LogP contribution is 2.34. The van der Waals surface area contributed by atoms with Gasteiger partial charge < -0.3 is 19.5 Å². The third-order valence-electron chi connectivity index (χ3n) is 3.59. The summed E-state index contributed by atoms with van der Waals surface area (Å²) in [4.78, 5) is 12.4. The van der Waals surface area contributed by atoms with Gasteiger partial charge in [0, 0.05) is 10.2 Å². The van der Waals surface area contributed by atoms with Crippen LogP contribution in [0.15, 0.2) is 46.4 Å². The van der Waals surface area contributed by atoms with E-state index in [1.807, 2.05) is 12.1 Å². The molecule has 2 aromatic rings. The number of carbonyl (C=O) groups is 1. The number of methoxy groups -OCH3 is 2. The van der Waals surface area contributed by atoms with Crippen molar-refractivity contribution < 1.29 is 19.0 Å². The van der Waals surface area contributed by atoms with Crippen LogP contribution in [0.1, 0.15) is 5.56 Å². The lowest BCUT2D eigenvalue weighted by atomic mass is 10.1. The van der Waals surface area contributed by atoms with Crippen LogP contribution < -0.4 is 19.5 Å². The van der Waals surface area contributed by atoms with Gasteiger partial charge in [-0.3, -0.25) is 4.79 Å². The highest BCUT2D eigenvalue weighted by molar-refractivity contribution is 9.10. The second kappa shape index (κ2) is 10.0. The molecule has 1 N–H and O–H groups in total. The van der Waals surface area contributed by atoms with Crippen molar-refractivity contribution >= 4 is 33.6 Å². The molecule has 7 nitrogen and oxygen atoms in total. The number of ether oxygens (including phenoxy) is 3. The number of carbonyl (C=O) groups excluding carboxylic acids is 1. The van der Waals surface area contributed by atoms with E-state index in [0.717, 1.165) is 0 Å². The van der Waals surface area contributed by atoms with Crippen molar-refractivity contribution in [1.29, 1.82) is 10.5 Å². The minimum atomic E-state index is -0.552. The minimum absolute atomic E-state index is 0.0933. The van der Waals surface area contributed by atoms with Crippen molar-refractivity contribution in [3.63, 3.8) is 0 Å². The van der Waals surface area contributed by atoms with Crippen LogP contribution in [0.3, 0.4) is 0 Å². The molecule has 0 saturated carbocycles. The van der Waals surface area contributed by atoms with Gasteiger partial charge in [-0.15, -0.1) is 0 Å². The highest BCUT2D eigenvalue weighted by atomic mass is 79.9. The fourth-order valence-electron chi connectivity index (χ4n) is 2.22. The van der Waals surface area contributed by atoms with Crippen LogP contribution in [0, 0.1) is 22.7 Å². The van der Waals surface area contributed by atoms with Crippen LogP contribution >= 0.6 is 15.9 Å². The molecule has 0 saturated heterocycles. The lowest BCUT2D eigenvalue weighted by molar-refractivity contribution is -0.112. The summed E-state index contributed by atoms with van der Waals surface area (Å²) < 4.78 is 16.2. The lowest BCUT2D eigenvalue weighted by Gasteiger charge is -2.11. The van der Waals surface area contributed by atoms with Gasteiger partial charge in [-0.05, 0) is 48.0 Å². The van der Waals surface area contributed by atoms with Crippen molar-refractivity contribution in [3.8, 4) is 29.4 Å². The van der Waals surface area contributed by atoms with E-state index in [9.17, 15) is 10.1 Å². The largest absolute Gasteiger partial charge is 0.497 e. The van der Waals surface area contributed by atoms with E-state index in [4.69, 9.17) is 19.5 Å². The van der Waals surface area contributed by atoms with Gasteiger partial charge in [0.1, 0.15) is 23.5 Å². The average molecular weight is 442 g/mol. The van der Waals surface area contributed by atoms with Gasteiger partial charge in [0.05, 0.1) is 14.2 Å². The first-order chi connectivity index (χ1) is 13.5. The molecule has 0 bridgehead atoms. The Bertz CT molecular complexity index is 973. The molecule has 0 atom stereocenters. The second-order valence-electron chi connectivity index (χ2n) is 5.32. The van der Waals surface area contributed by atoms with Crippen molar-refractivity contribution in [1.82, 2.24) is 0 Å². The smallest absolute Gasteiger partial charge is 0.266 e. The molecule has 2 rings (SSSR count). The summed E-state index contributed by atoms with van der Waals surface area (Å²) in [5, 5.41) is 20.7. The number of nitrogens with one attached hydrogen (secondary N) is 1. The molecule has 2 aromatic carbocycles. The molecule has 0 spiro atoms. The lowest BCUT2D eigenvalue weighted by Crippen LogP contribution is -2.13. The normalized spacial score (nSPS) is 10.4. The van der Waals surface area contributed by atoms with E-state index in [2.05, 4.69) is 21.2 Å². The number of rotatable bonds is 7. The monoisotopic (exact) mass is 441 g/mol. The fraction of sp³-hybridized carbons (Fsp3) is 0.150. The molecule has 0 heterocycles. The minimum Gasteiger partial charge on any atom is -0.497 e. The Labute approximate surface area is 170 Å². The van der Waals surface area contributed by atoms with Crippen LogP contribution in [0.25, 0.3) is 6.08 Å². The number of anilines is 1. The maximum atomic E-state index is 12.4. The van der Waals surface area contributed by atoms with E-state index < -0.39 is 5.91 Å². The number of hydrogen-bond acceptors (Lipinski definition) is 6.